The third-order valence-corrected chi connectivity index (χ3v) is 3.86. The molecule has 0 spiro atoms. The molecule has 1 N–H and O–H groups in total. The highest BCUT2D eigenvalue weighted by Gasteiger charge is 2.24. The summed E-state index contributed by atoms with van der Waals surface area (Å²) >= 11 is 0. The van der Waals surface area contributed by atoms with E-state index in [0.717, 1.165) is 6.54 Å². The van der Waals surface area contributed by atoms with Crippen LogP contribution in [0.2, 0.25) is 0 Å². The second-order valence-corrected chi connectivity index (χ2v) is 5.54. The summed E-state index contributed by atoms with van der Waals surface area (Å²) in [6.07, 6.45) is 4.66. The molecule has 136 valence electrons. The molecule has 1 amide bonds. The Bertz CT molecular complexity index is 739. The van der Waals surface area contributed by atoms with Gasteiger partial charge in [0.25, 0.3) is 11.6 Å². The highest BCUT2D eigenvalue weighted by atomic mass is 35.5. The Morgan fingerprint density at radius 2 is 2.16 bits per heavy atom. The monoisotopic (exact) mass is 387 g/mol. The molecular formula is C15H19Cl2N5O3. The van der Waals surface area contributed by atoms with Crippen LogP contribution in [-0.2, 0) is 0 Å². The molecule has 1 aromatic carbocycles. The van der Waals surface area contributed by atoms with E-state index >= 15 is 0 Å². The summed E-state index contributed by atoms with van der Waals surface area (Å²) in [7, 11) is 0. The molecule has 2 heterocycles. The Morgan fingerprint density at radius 3 is 2.76 bits per heavy atom. The molecule has 0 bridgehead atoms. The molecule has 1 fully saturated rings. The lowest BCUT2D eigenvalue weighted by Gasteiger charge is -2.31. The number of nitrogens with zero attached hydrogens (tertiary/aromatic N) is 4. The third kappa shape index (κ3) is 4.47. The van der Waals surface area contributed by atoms with E-state index in [-0.39, 0.29) is 42.5 Å². The van der Waals surface area contributed by atoms with Crippen LogP contribution >= 0.6 is 24.8 Å². The predicted octanol–water partition coefficient (Wildman–Crippen LogP) is 2.06. The first-order valence-electron chi connectivity index (χ1n) is 7.35. The highest BCUT2D eigenvalue weighted by molar-refractivity contribution is 5.95. The Hall–Kier alpha value is -2.16. The predicted molar refractivity (Wildman–Crippen MR) is 98.1 cm³/mol. The zero-order chi connectivity index (χ0) is 16.4. The van der Waals surface area contributed by atoms with E-state index in [1.807, 2.05) is 6.92 Å². The molecule has 0 saturated carbocycles. The van der Waals surface area contributed by atoms with Gasteiger partial charge in [0.1, 0.15) is 5.69 Å². The van der Waals surface area contributed by atoms with Gasteiger partial charge in [0, 0.05) is 49.7 Å². The number of carbonyl (C=O) groups is 1. The van der Waals surface area contributed by atoms with Gasteiger partial charge in [-0.1, -0.05) is 0 Å². The van der Waals surface area contributed by atoms with Crippen LogP contribution in [0.1, 0.15) is 17.3 Å². The molecule has 1 unspecified atom stereocenters. The van der Waals surface area contributed by atoms with Crippen LogP contribution in [0, 0.1) is 10.1 Å². The molecule has 8 nitrogen and oxygen atoms in total. The SMILES string of the molecule is CC1CN(C(=O)c2ccc(-n3ccnc3)c([N+](=O)[O-])c2)CCN1.Cl.Cl. The zero-order valence-corrected chi connectivity index (χ0v) is 15.1. The van der Waals surface area contributed by atoms with Crippen molar-refractivity contribution in [3.8, 4) is 5.69 Å². The minimum absolute atomic E-state index is 0. The van der Waals surface area contributed by atoms with Gasteiger partial charge in [0.2, 0.25) is 0 Å². The van der Waals surface area contributed by atoms with E-state index in [0.29, 0.717) is 24.3 Å². The summed E-state index contributed by atoms with van der Waals surface area (Å²) in [6, 6.07) is 4.76. The van der Waals surface area contributed by atoms with Crippen molar-refractivity contribution in [1.29, 1.82) is 0 Å². The number of imidazole rings is 1. The lowest BCUT2D eigenvalue weighted by atomic mass is 10.1. The van der Waals surface area contributed by atoms with Gasteiger partial charge in [-0.3, -0.25) is 14.9 Å². The van der Waals surface area contributed by atoms with Gasteiger partial charge in [-0.2, -0.15) is 0 Å². The average molecular weight is 388 g/mol. The van der Waals surface area contributed by atoms with Crippen molar-refractivity contribution in [2.24, 2.45) is 0 Å². The number of hydrogen-bond acceptors (Lipinski definition) is 5. The number of benzene rings is 1. The molecule has 1 aliphatic heterocycles. The molecule has 1 aliphatic rings. The van der Waals surface area contributed by atoms with Crippen molar-refractivity contribution in [3.05, 3.63) is 52.6 Å². The minimum Gasteiger partial charge on any atom is -0.336 e. The van der Waals surface area contributed by atoms with Crippen LogP contribution in [0.4, 0.5) is 5.69 Å². The minimum atomic E-state index is -0.480. The quantitative estimate of drug-likeness (QED) is 0.642. The van der Waals surface area contributed by atoms with Gasteiger partial charge in [0.15, 0.2) is 0 Å². The van der Waals surface area contributed by atoms with E-state index in [1.165, 1.54) is 12.4 Å². The van der Waals surface area contributed by atoms with E-state index in [9.17, 15) is 14.9 Å². The second kappa shape index (κ2) is 8.80. The Labute approximate surface area is 157 Å². The largest absolute Gasteiger partial charge is 0.336 e. The first kappa shape index (κ1) is 20.9. The number of rotatable bonds is 3. The molecule has 0 aliphatic carbocycles. The summed E-state index contributed by atoms with van der Waals surface area (Å²) in [6.45, 7) is 3.92. The van der Waals surface area contributed by atoms with Gasteiger partial charge >= 0.3 is 0 Å². The maximum Gasteiger partial charge on any atom is 0.294 e. The fourth-order valence-corrected chi connectivity index (χ4v) is 2.72. The standard InChI is InChI=1S/C15H17N5O3.2ClH/c1-11-9-18(7-5-17-11)15(21)12-2-3-13(14(8-12)20(22)23)19-6-4-16-10-19;;/h2-4,6,8,10-11,17H,5,7,9H2,1H3;2*1H. The number of nitrogens with one attached hydrogen (secondary N) is 1. The van der Waals surface area contributed by atoms with Crippen LogP contribution in [0.3, 0.4) is 0 Å². The molecule has 25 heavy (non-hydrogen) atoms. The molecule has 3 rings (SSSR count). The molecule has 10 heteroatoms. The van der Waals surface area contributed by atoms with Crippen molar-refractivity contribution in [2.45, 2.75) is 13.0 Å². The van der Waals surface area contributed by atoms with Gasteiger partial charge in [-0.15, -0.1) is 24.8 Å². The molecule has 2 aromatic rings. The van der Waals surface area contributed by atoms with Gasteiger partial charge in [0.05, 0.1) is 11.3 Å². The van der Waals surface area contributed by atoms with Crippen LogP contribution in [0.15, 0.2) is 36.9 Å². The summed E-state index contributed by atoms with van der Waals surface area (Å²) in [5, 5.41) is 14.6. The summed E-state index contributed by atoms with van der Waals surface area (Å²) in [5.74, 6) is -0.182. The maximum absolute atomic E-state index is 12.6. The Balaban J connectivity index is 0.00000156. The average Bonchev–Trinajstić information content (AvgIpc) is 3.08. The smallest absolute Gasteiger partial charge is 0.294 e. The van der Waals surface area contributed by atoms with Crippen molar-refractivity contribution in [2.75, 3.05) is 19.6 Å². The number of nitro groups is 1. The van der Waals surface area contributed by atoms with Crippen molar-refractivity contribution < 1.29 is 9.72 Å². The van der Waals surface area contributed by atoms with Crippen LogP contribution in [0.5, 0.6) is 0 Å². The van der Waals surface area contributed by atoms with Gasteiger partial charge in [-0.05, 0) is 19.1 Å². The number of piperazine rings is 1. The number of carbonyl (C=O) groups excluding carboxylic acids is 1. The van der Waals surface area contributed by atoms with E-state index in [1.54, 1.807) is 34.0 Å². The fraction of sp³-hybridized carbons (Fsp3) is 0.333. The van der Waals surface area contributed by atoms with Crippen LogP contribution in [-0.4, -0.2) is 51.0 Å². The van der Waals surface area contributed by atoms with Gasteiger partial charge < -0.3 is 14.8 Å². The summed E-state index contributed by atoms with van der Waals surface area (Å²) in [5.41, 5.74) is 0.601. The molecule has 1 saturated heterocycles. The van der Waals surface area contributed by atoms with Crippen LogP contribution < -0.4 is 5.32 Å². The topological polar surface area (TPSA) is 93.3 Å². The zero-order valence-electron chi connectivity index (χ0n) is 13.5. The number of aromatic nitrogens is 2. The lowest BCUT2D eigenvalue weighted by Crippen LogP contribution is -2.51. The summed E-state index contributed by atoms with van der Waals surface area (Å²) < 4.78 is 1.55. The molecule has 0 radical (unpaired) electrons. The van der Waals surface area contributed by atoms with E-state index in [2.05, 4.69) is 10.3 Å². The van der Waals surface area contributed by atoms with Crippen molar-refractivity contribution >= 4 is 36.4 Å². The van der Waals surface area contributed by atoms with Crippen molar-refractivity contribution in [3.63, 3.8) is 0 Å². The van der Waals surface area contributed by atoms with Crippen molar-refractivity contribution in [1.82, 2.24) is 19.8 Å². The third-order valence-electron chi connectivity index (χ3n) is 3.86. The normalized spacial score (nSPS) is 16.5. The van der Waals surface area contributed by atoms with E-state index < -0.39 is 4.92 Å². The number of amides is 1. The first-order chi connectivity index (χ1) is 11.1. The number of hydrogen-bond donors (Lipinski definition) is 1. The molecule has 1 atom stereocenters. The Kier molecular flexibility index (Phi) is 7.35. The number of halogens is 2. The molecular weight excluding hydrogens is 369 g/mol. The maximum atomic E-state index is 12.6. The second-order valence-electron chi connectivity index (χ2n) is 5.54. The first-order valence-corrected chi connectivity index (χ1v) is 7.35. The highest BCUT2D eigenvalue weighted by Crippen LogP contribution is 2.25. The summed E-state index contributed by atoms with van der Waals surface area (Å²) in [4.78, 5) is 29.1. The molecule has 1 aromatic heterocycles. The van der Waals surface area contributed by atoms with E-state index in [4.69, 9.17) is 0 Å². The van der Waals surface area contributed by atoms with Crippen LogP contribution in [0.25, 0.3) is 5.69 Å². The number of nitro benzene ring substituents is 1. The van der Waals surface area contributed by atoms with Gasteiger partial charge in [-0.25, -0.2) is 4.98 Å². The fourth-order valence-electron chi connectivity index (χ4n) is 2.72. The lowest BCUT2D eigenvalue weighted by molar-refractivity contribution is -0.384. The Morgan fingerprint density at radius 1 is 1.40 bits per heavy atom.